The molecule has 0 saturated carbocycles. The van der Waals surface area contributed by atoms with Crippen LogP contribution >= 0.6 is 0 Å². The SMILES string of the molecule is Cc1c2ccccc2c(-c2ccc3ccccc3c2)c2ccccc12.Cc1c2ccccc2c(-c2cccc3ccccc23)c2ccccc12.Cc1c2ccccc2c(-c2cccc3ccccc23)c2ccccc12. The van der Waals surface area contributed by atoms with Gasteiger partial charge in [-0.05, 0) is 174 Å². The molecule has 0 radical (unpaired) electrons. The standard InChI is InChI=1S/3C25H18/c2*1-17-19-11-4-6-14-22(19)25(23-15-7-5-12-20(17)23)24-16-8-10-18-9-2-3-13-21(18)24;1-17-21-10-4-6-12-23(21)25(24-13-7-5-11-22(17)24)20-15-14-18-8-2-3-9-19(18)16-20/h3*2-16H,1H3. The van der Waals surface area contributed by atoms with E-state index in [4.69, 9.17) is 0 Å². The van der Waals surface area contributed by atoms with Crippen LogP contribution in [0.3, 0.4) is 0 Å². The zero-order valence-electron chi connectivity index (χ0n) is 42.5. The molecule has 0 amide bonds. The molecule has 0 nitrogen and oxygen atoms in total. The second-order valence-corrected chi connectivity index (χ2v) is 19.9. The van der Waals surface area contributed by atoms with E-state index in [1.807, 2.05) is 0 Å². The third-order valence-corrected chi connectivity index (χ3v) is 15.8. The molecular weight excluding hydrogens is 901 g/mol. The largest absolute Gasteiger partial charge is 0.0616 e. The smallest absolute Gasteiger partial charge is 0.00204 e. The third-order valence-electron chi connectivity index (χ3n) is 15.8. The molecule has 15 rings (SSSR count). The lowest BCUT2D eigenvalue weighted by molar-refractivity contribution is 1.58. The van der Waals surface area contributed by atoms with Gasteiger partial charge in [0.2, 0.25) is 0 Å². The Hall–Kier alpha value is -9.36. The van der Waals surface area contributed by atoms with E-state index in [1.165, 1.54) is 147 Å². The second-order valence-electron chi connectivity index (χ2n) is 19.9. The number of fused-ring (bicyclic) bond motifs is 9. The lowest BCUT2D eigenvalue weighted by Crippen LogP contribution is -1.90. The molecule has 0 aromatic heterocycles. The topological polar surface area (TPSA) is 0 Å². The van der Waals surface area contributed by atoms with Gasteiger partial charge in [-0.1, -0.05) is 267 Å². The highest BCUT2D eigenvalue weighted by Crippen LogP contribution is 2.44. The fourth-order valence-electron chi connectivity index (χ4n) is 12.2. The quantitative estimate of drug-likeness (QED) is 0.155. The Labute approximate surface area is 438 Å². The number of rotatable bonds is 3. The minimum atomic E-state index is 1.28. The van der Waals surface area contributed by atoms with Crippen molar-refractivity contribution in [1.82, 2.24) is 0 Å². The summed E-state index contributed by atoms with van der Waals surface area (Å²) in [6.45, 7) is 6.70. The van der Waals surface area contributed by atoms with Crippen molar-refractivity contribution in [3.63, 3.8) is 0 Å². The van der Waals surface area contributed by atoms with Crippen molar-refractivity contribution in [3.05, 3.63) is 290 Å². The van der Waals surface area contributed by atoms with Crippen molar-refractivity contribution in [2.24, 2.45) is 0 Å². The highest BCUT2D eigenvalue weighted by Gasteiger charge is 2.17. The molecule has 0 saturated heterocycles. The highest BCUT2D eigenvalue weighted by molar-refractivity contribution is 6.20. The normalized spacial score (nSPS) is 11.4. The van der Waals surface area contributed by atoms with Gasteiger partial charge in [0.1, 0.15) is 0 Å². The Bertz CT molecular complexity index is 4300. The Morgan fingerprint density at radius 1 is 0.173 bits per heavy atom. The molecule has 0 spiro atoms. The molecule has 0 atom stereocenters. The van der Waals surface area contributed by atoms with Crippen molar-refractivity contribution in [3.8, 4) is 33.4 Å². The molecule has 0 aliphatic carbocycles. The van der Waals surface area contributed by atoms with Gasteiger partial charge in [0, 0.05) is 0 Å². The zero-order chi connectivity index (χ0) is 50.4. The Morgan fingerprint density at radius 2 is 0.427 bits per heavy atom. The molecule has 0 aliphatic heterocycles. The summed E-state index contributed by atoms with van der Waals surface area (Å²) < 4.78 is 0. The summed E-state index contributed by atoms with van der Waals surface area (Å²) in [4.78, 5) is 0. The minimum Gasteiger partial charge on any atom is -0.0616 e. The maximum Gasteiger partial charge on any atom is -0.00204 e. The molecule has 15 aromatic rings. The Balaban J connectivity index is 0.000000108. The summed E-state index contributed by atoms with van der Waals surface area (Å²) in [5.41, 5.74) is 12.0. The van der Waals surface area contributed by atoms with Crippen LogP contribution in [-0.4, -0.2) is 0 Å². The van der Waals surface area contributed by atoms with Crippen LogP contribution < -0.4 is 0 Å². The van der Waals surface area contributed by atoms with E-state index in [0.717, 1.165) is 0 Å². The van der Waals surface area contributed by atoms with E-state index in [0.29, 0.717) is 0 Å². The average Bonchev–Trinajstić information content (AvgIpc) is 3.48. The predicted molar refractivity (Wildman–Crippen MR) is 327 cm³/mol. The van der Waals surface area contributed by atoms with Crippen molar-refractivity contribution >= 4 is 97.0 Å². The zero-order valence-corrected chi connectivity index (χ0v) is 42.5. The predicted octanol–water partition coefficient (Wildman–Crippen LogP) is 21.4. The van der Waals surface area contributed by atoms with Crippen LogP contribution in [0.2, 0.25) is 0 Å². The van der Waals surface area contributed by atoms with E-state index in [9.17, 15) is 0 Å². The van der Waals surface area contributed by atoms with Crippen molar-refractivity contribution in [2.45, 2.75) is 20.8 Å². The summed E-state index contributed by atoms with van der Waals surface area (Å²) in [5.74, 6) is 0. The molecule has 0 fully saturated rings. The fourth-order valence-corrected chi connectivity index (χ4v) is 12.2. The first-order chi connectivity index (χ1) is 37.0. The number of hydrogen-bond acceptors (Lipinski definition) is 0. The molecule has 75 heavy (non-hydrogen) atoms. The summed E-state index contributed by atoms with van der Waals surface area (Å²) in [7, 11) is 0. The summed E-state index contributed by atoms with van der Waals surface area (Å²) >= 11 is 0. The molecule has 0 heteroatoms. The molecule has 15 aromatic carbocycles. The van der Waals surface area contributed by atoms with E-state index >= 15 is 0 Å². The summed E-state index contributed by atoms with van der Waals surface area (Å²) in [5, 5.41) is 23.8. The van der Waals surface area contributed by atoms with Crippen LogP contribution in [0.1, 0.15) is 16.7 Å². The van der Waals surface area contributed by atoms with Crippen LogP contribution in [0.15, 0.2) is 273 Å². The fraction of sp³-hybridized carbons (Fsp3) is 0.0400. The van der Waals surface area contributed by atoms with Crippen LogP contribution in [0, 0.1) is 20.8 Å². The maximum absolute atomic E-state index is 2.32. The van der Waals surface area contributed by atoms with Crippen LogP contribution in [0.4, 0.5) is 0 Å². The third kappa shape index (κ3) is 7.95. The monoisotopic (exact) mass is 954 g/mol. The molecule has 354 valence electrons. The summed E-state index contributed by atoms with van der Waals surface area (Å²) in [6.07, 6.45) is 0. The van der Waals surface area contributed by atoms with Crippen LogP contribution in [0.5, 0.6) is 0 Å². The Kier molecular flexibility index (Phi) is 11.7. The van der Waals surface area contributed by atoms with Crippen molar-refractivity contribution in [2.75, 3.05) is 0 Å². The molecule has 0 bridgehead atoms. The molecule has 0 heterocycles. The highest BCUT2D eigenvalue weighted by atomic mass is 14.2. The molecule has 0 N–H and O–H groups in total. The lowest BCUT2D eigenvalue weighted by Gasteiger charge is -2.16. The van der Waals surface area contributed by atoms with Gasteiger partial charge in [0.25, 0.3) is 0 Å². The molecular formula is C75H54. The first-order valence-electron chi connectivity index (χ1n) is 26.2. The van der Waals surface area contributed by atoms with E-state index in [2.05, 4.69) is 294 Å². The number of aryl methyl sites for hydroxylation is 3. The number of hydrogen-bond donors (Lipinski definition) is 0. The van der Waals surface area contributed by atoms with E-state index < -0.39 is 0 Å². The maximum atomic E-state index is 2.32. The second kappa shape index (κ2) is 19.2. The molecule has 0 aliphatic rings. The van der Waals surface area contributed by atoms with Gasteiger partial charge < -0.3 is 0 Å². The van der Waals surface area contributed by atoms with Crippen LogP contribution in [-0.2, 0) is 0 Å². The van der Waals surface area contributed by atoms with Gasteiger partial charge in [-0.25, -0.2) is 0 Å². The minimum absolute atomic E-state index is 1.28. The van der Waals surface area contributed by atoms with Gasteiger partial charge in [0.05, 0.1) is 0 Å². The lowest BCUT2D eigenvalue weighted by atomic mass is 9.87. The molecule has 0 unspecified atom stereocenters. The van der Waals surface area contributed by atoms with Crippen LogP contribution in [0.25, 0.3) is 130 Å². The van der Waals surface area contributed by atoms with E-state index in [1.54, 1.807) is 0 Å². The van der Waals surface area contributed by atoms with Gasteiger partial charge in [-0.15, -0.1) is 0 Å². The van der Waals surface area contributed by atoms with Crippen molar-refractivity contribution < 1.29 is 0 Å². The number of benzene rings is 15. The van der Waals surface area contributed by atoms with Gasteiger partial charge in [0.15, 0.2) is 0 Å². The average molecular weight is 955 g/mol. The van der Waals surface area contributed by atoms with Gasteiger partial charge in [-0.3, -0.25) is 0 Å². The van der Waals surface area contributed by atoms with Gasteiger partial charge in [-0.2, -0.15) is 0 Å². The van der Waals surface area contributed by atoms with Gasteiger partial charge >= 0.3 is 0 Å². The first-order valence-corrected chi connectivity index (χ1v) is 26.2. The first kappa shape index (κ1) is 45.5. The van der Waals surface area contributed by atoms with E-state index in [-0.39, 0.29) is 0 Å². The summed E-state index contributed by atoms with van der Waals surface area (Å²) in [6, 6.07) is 98.6. The van der Waals surface area contributed by atoms with Crippen molar-refractivity contribution in [1.29, 1.82) is 0 Å². The Morgan fingerprint density at radius 3 is 0.773 bits per heavy atom.